The van der Waals surface area contributed by atoms with Gasteiger partial charge in [-0.3, -0.25) is 4.98 Å². The third kappa shape index (κ3) is 3.72. The van der Waals surface area contributed by atoms with Crippen molar-refractivity contribution in [2.75, 3.05) is 67.2 Å². The molecular formula is C21H26N8O. The molecule has 0 N–H and O–H groups in total. The maximum absolute atomic E-state index is 5.46. The standard InChI is InChI=1S/C21H26N8O/c1-15-13-19(26-21(23-15)29-9-11-30-12-10-29)27-5-7-28(8-6-27)20-17-3-4-22-14-18(17)24-16(2)25-20/h3-4,13-14H,5-12H2,1-2H3. The lowest BCUT2D eigenvalue weighted by molar-refractivity contribution is 0.122. The maximum atomic E-state index is 5.46. The second-order valence-corrected chi connectivity index (χ2v) is 7.73. The van der Waals surface area contributed by atoms with E-state index in [0.29, 0.717) is 0 Å². The van der Waals surface area contributed by atoms with E-state index in [2.05, 4.69) is 35.7 Å². The molecule has 156 valence electrons. The van der Waals surface area contributed by atoms with Gasteiger partial charge in [0.1, 0.15) is 17.5 Å². The summed E-state index contributed by atoms with van der Waals surface area (Å²) in [4.78, 5) is 29.9. The number of ether oxygens (including phenoxy) is 1. The van der Waals surface area contributed by atoms with E-state index in [9.17, 15) is 0 Å². The molecule has 0 saturated carbocycles. The Morgan fingerprint density at radius 3 is 2.40 bits per heavy atom. The molecule has 2 saturated heterocycles. The number of hydrogen-bond acceptors (Lipinski definition) is 9. The molecule has 0 aromatic carbocycles. The SMILES string of the molecule is Cc1cc(N2CCN(c3nc(C)nc4cnccc34)CC2)nc(N2CCOCC2)n1. The van der Waals surface area contributed by atoms with Crippen molar-refractivity contribution in [1.82, 2.24) is 24.9 Å². The third-order valence-corrected chi connectivity index (χ3v) is 5.62. The first-order valence-corrected chi connectivity index (χ1v) is 10.4. The van der Waals surface area contributed by atoms with Gasteiger partial charge in [0.05, 0.1) is 24.9 Å². The third-order valence-electron chi connectivity index (χ3n) is 5.62. The summed E-state index contributed by atoms with van der Waals surface area (Å²) in [5.74, 6) is 3.57. The molecule has 0 bridgehead atoms. The van der Waals surface area contributed by atoms with E-state index in [1.165, 1.54) is 0 Å². The normalized spacial score (nSPS) is 17.6. The number of hydrogen-bond donors (Lipinski definition) is 0. The van der Waals surface area contributed by atoms with Crippen LogP contribution in [0.3, 0.4) is 0 Å². The average molecular weight is 406 g/mol. The predicted octanol–water partition coefficient (Wildman–Crippen LogP) is 1.59. The monoisotopic (exact) mass is 406 g/mol. The minimum Gasteiger partial charge on any atom is -0.378 e. The summed E-state index contributed by atoms with van der Waals surface area (Å²) in [5, 5.41) is 1.05. The summed E-state index contributed by atoms with van der Waals surface area (Å²) in [7, 11) is 0. The molecule has 0 unspecified atom stereocenters. The Hall–Kier alpha value is -3.07. The lowest BCUT2D eigenvalue weighted by Gasteiger charge is -2.37. The first kappa shape index (κ1) is 18.9. The van der Waals surface area contributed by atoms with Crippen LogP contribution in [-0.2, 0) is 4.74 Å². The van der Waals surface area contributed by atoms with Crippen LogP contribution >= 0.6 is 0 Å². The summed E-state index contributed by atoms with van der Waals surface area (Å²) in [6.45, 7) is 10.6. The molecule has 9 nitrogen and oxygen atoms in total. The fourth-order valence-electron chi connectivity index (χ4n) is 4.07. The summed E-state index contributed by atoms with van der Waals surface area (Å²) in [6, 6.07) is 4.08. The summed E-state index contributed by atoms with van der Waals surface area (Å²) >= 11 is 0. The molecule has 0 atom stereocenters. The van der Waals surface area contributed by atoms with Crippen molar-refractivity contribution >= 4 is 28.5 Å². The van der Waals surface area contributed by atoms with Crippen molar-refractivity contribution in [3.63, 3.8) is 0 Å². The number of anilines is 3. The van der Waals surface area contributed by atoms with Crippen molar-refractivity contribution in [3.05, 3.63) is 36.0 Å². The van der Waals surface area contributed by atoms with Gasteiger partial charge in [0, 0.05) is 62.6 Å². The van der Waals surface area contributed by atoms with Crippen molar-refractivity contribution in [1.29, 1.82) is 0 Å². The van der Waals surface area contributed by atoms with Crippen LogP contribution in [0.5, 0.6) is 0 Å². The summed E-state index contributed by atoms with van der Waals surface area (Å²) in [6.07, 6.45) is 3.61. The molecule has 3 aromatic heterocycles. The van der Waals surface area contributed by atoms with Crippen LogP contribution in [0.25, 0.3) is 10.9 Å². The molecular weight excluding hydrogens is 380 g/mol. The van der Waals surface area contributed by atoms with Crippen molar-refractivity contribution in [2.24, 2.45) is 0 Å². The highest BCUT2D eigenvalue weighted by Gasteiger charge is 2.23. The molecule has 2 fully saturated rings. The smallest absolute Gasteiger partial charge is 0.227 e. The first-order chi connectivity index (χ1) is 14.7. The van der Waals surface area contributed by atoms with E-state index in [4.69, 9.17) is 14.7 Å². The highest BCUT2D eigenvalue weighted by atomic mass is 16.5. The first-order valence-electron chi connectivity index (χ1n) is 10.4. The number of aryl methyl sites for hydroxylation is 2. The van der Waals surface area contributed by atoms with Gasteiger partial charge in [-0.15, -0.1) is 0 Å². The largest absolute Gasteiger partial charge is 0.378 e. The van der Waals surface area contributed by atoms with Gasteiger partial charge in [-0.2, -0.15) is 4.98 Å². The van der Waals surface area contributed by atoms with Crippen molar-refractivity contribution in [3.8, 4) is 0 Å². The number of piperazine rings is 1. The molecule has 3 aromatic rings. The van der Waals surface area contributed by atoms with E-state index in [-0.39, 0.29) is 0 Å². The number of fused-ring (bicyclic) bond motifs is 1. The predicted molar refractivity (Wildman–Crippen MR) is 116 cm³/mol. The Labute approximate surface area is 175 Å². The zero-order valence-corrected chi connectivity index (χ0v) is 17.5. The number of aromatic nitrogens is 5. The van der Waals surface area contributed by atoms with Gasteiger partial charge in [-0.25, -0.2) is 15.0 Å². The van der Waals surface area contributed by atoms with Gasteiger partial charge < -0.3 is 19.4 Å². The van der Waals surface area contributed by atoms with E-state index in [0.717, 1.165) is 92.5 Å². The Bertz CT molecular complexity index is 1040. The number of nitrogens with zero attached hydrogens (tertiary/aromatic N) is 8. The molecule has 5 heterocycles. The summed E-state index contributed by atoms with van der Waals surface area (Å²) < 4.78 is 5.46. The van der Waals surface area contributed by atoms with Gasteiger partial charge in [-0.1, -0.05) is 0 Å². The van der Waals surface area contributed by atoms with Crippen LogP contribution in [0, 0.1) is 13.8 Å². The zero-order chi connectivity index (χ0) is 20.5. The molecule has 30 heavy (non-hydrogen) atoms. The summed E-state index contributed by atoms with van der Waals surface area (Å²) in [5.41, 5.74) is 1.89. The van der Waals surface area contributed by atoms with Crippen LogP contribution in [0.1, 0.15) is 11.5 Å². The number of pyridine rings is 1. The zero-order valence-electron chi connectivity index (χ0n) is 17.5. The molecule has 0 radical (unpaired) electrons. The van der Waals surface area contributed by atoms with Crippen LogP contribution in [-0.4, -0.2) is 77.4 Å². The number of morpholine rings is 1. The molecule has 2 aliphatic heterocycles. The Kier molecular flexibility index (Phi) is 5.04. The quantitative estimate of drug-likeness (QED) is 0.644. The molecule has 9 heteroatoms. The van der Waals surface area contributed by atoms with Crippen LogP contribution in [0.2, 0.25) is 0 Å². The second-order valence-electron chi connectivity index (χ2n) is 7.73. The lowest BCUT2D eigenvalue weighted by atomic mass is 10.2. The molecule has 2 aliphatic rings. The topological polar surface area (TPSA) is 83.4 Å². The van der Waals surface area contributed by atoms with Gasteiger partial charge >= 0.3 is 0 Å². The van der Waals surface area contributed by atoms with Gasteiger partial charge in [-0.05, 0) is 19.9 Å². The fourth-order valence-corrected chi connectivity index (χ4v) is 4.07. The van der Waals surface area contributed by atoms with Gasteiger partial charge in [0.2, 0.25) is 5.95 Å². The van der Waals surface area contributed by atoms with E-state index < -0.39 is 0 Å². The molecule has 0 amide bonds. The molecule has 0 spiro atoms. The number of rotatable bonds is 3. The van der Waals surface area contributed by atoms with E-state index >= 15 is 0 Å². The van der Waals surface area contributed by atoms with Crippen molar-refractivity contribution < 1.29 is 4.74 Å². The minimum atomic E-state index is 0.729. The highest BCUT2D eigenvalue weighted by Crippen LogP contribution is 2.26. The minimum absolute atomic E-state index is 0.729. The fraction of sp³-hybridized carbons (Fsp3) is 0.476. The Morgan fingerprint density at radius 2 is 1.60 bits per heavy atom. The highest BCUT2D eigenvalue weighted by molar-refractivity contribution is 5.88. The van der Waals surface area contributed by atoms with Crippen molar-refractivity contribution in [2.45, 2.75) is 13.8 Å². The van der Waals surface area contributed by atoms with E-state index in [1.54, 1.807) is 12.4 Å². The van der Waals surface area contributed by atoms with Gasteiger partial charge in [0.25, 0.3) is 0 Å². The Balaban J connectivity index is 1.35. The van der Waals surface area contributed by atoms with E-state index in [1.807, 2.05) is 19.9 Å². The van der Waals surface area contributed by atoms with Gasteiger partial charge in [0.15, 0.2) is 0 Å². The van der Waals surface area contributed by atoms with Crippen LogP contribution in [0.4, 0.5) is 17.6 Å². The second kappa shape index (κ2) is 7.98. The van der Waals surface area contributed by atoms with Crippen LogP contribution in [0.15, 0.2) is 24.5 Å². The van der Waals surface area contributed by atoms with Crippen LogP contribution < -0.4 is 14.7 Å². The molecule has 0 aliphatic carbocycles. The maximum Gasteiger partial charge on any atom is 0.227 e. The lowest BCUT2D eigenvalue weighted by Crippen LogP contribution is -2.47. The Morgan fingerprint density at radius 1 is 0.833 bits per heavy atom. The average Bonchev–Trinajstić information content (AvgIpc) is 2.79. The molecule has 5 rings (SSSR count).